The summed E-state index contributed by atoms with van der Waals surface area (Å²) in [5.41, 5.74) is 0.460. The molecule has 0 spiro atoms. The van der Waals surface area contributed by atoms with Crippen LogP contribution >= 0.6 is 0 Å². The Morgan fingerprint density at radius 3 is 2.18 bits per heavy atom. The predicted octanol–water partition coefficient (Wildman–Crippen LogP) is 5.44. The monoisotopic (exact) mass is 390 g/mol. The standard InChI is InChI=1S/C21H24F2N2O3/c1-13(14-5-7-15(22)8-6-14)11-19(26)24-18-12-16(23)9-10-17(18)25-20(27)28-21(2,3)4/h5-10,12-13H,11H2,1-4H3,(H,24,26)(H,25,27). The number of rotatable bonds is 5. The van der Waals surface area contributed by atoms with Gasteiger partial charge in [-0.1, -0.05) is 19.1 Å². The average Bonchev–Trinajstić information content (AvgIpc) is 2.56. The summed E-state index contributed by atoms with van der Waals surface area (Å²) in [6.07, 6.45) is -0.608. The van der Waals surface area contributed by atoms with Gasteiger partial charge in [-0.05, 0) is 62.6 Å². The molecule has 0 aliphatic heterocycles. The topological polar surface area (TPSA) is 67.4 Å². The van der Waals surface area contributed by atoms with Crippen molar-refractivity contribution < 1.29 is 23.1 Å². The molecule has 0 saturated carbocycles. The lowest BCUT2D eigenvalue weighted by molar-refractivity contribution is -0.116. The quantitative estimate of drug-likeness (QED) is 0.714. The fourth-order valence-corrected chi connectivity index (χ4v) is 2.53. The molecular formula is C21H24F2N2O3. The van der Waals surface area contributed by atoms with Crippen LogP contribution in [0.15, 0.2) is 42.5 Å². The van der Waals surface area contributed by atoms with Crippen LogP contribution in [0.5, 0.6) is 0 Å². The number of benzene rings is 2. The first-order chi connectivity index (χ1) is 13.0. The van der Waals surface area contributed by atoms with E-state index in [2.05, 4.69) is 10.6 Å². The number of nitrogens with one attached hydrogen (secondary N) is 2. The van der Waals surface area contributed by atoms with Crippen LogP contribution in [0.25, 0.3) is 0 Å². The van der Waals surface area contributed by atoms with Crippen LogP contribution in [0.2, 0.25) is 0 Å². The Bertz CT molecular complexity index is 846. The number of ether oxygens (including phenoxy) is 1. The summed E-state index contributed by atoms with van der Waals surface area (Å²) in [6.45, 7) is 6.99. The summed E-state index contributed by atoms with van der Waals surface area (Å²) in [7, 11) is 0. The SMILES string of the molecule is CC(CC(=O)Nc1cc(F)ccc1NC(=O)OC(C)(C)C)c1ccc(F)cc1. The second kappa shape index (κ2) is 8.82. The van der Waals surface area contributed by atoms with Crippen molar-refractivity contribution in [3.8, 4) is 0 Å². The zero-order valence-corrected chi connectivity index (χ0v) is 16.3. The first-order valence-corrected chi connectivity index (χ1v) is 8.88. The van der Waals surface area contributed by atoms with E-state index in [0.29, 0.717) is 0 Å². The van der Waals surface area contributed by atoms with Crippen molar-refractivity contribution in [3.05, 3.63) is 59.7 Å². The van der Waals surface area contributed by atoms with E-state index in [0.717, 1.165) is 11.6 Å². The molecule has 0 fully saturated rings. The van der Waals surface area contributed by atoms with Crippen molar-refractivity contribution in [1.82, 2.24) is 0 Å². The molecule has 2 aromatic rings. The van der Waals surface area contributed by atoms with Crippen LogP contribution in [0.3, 0.4) is 0 Å². The van der Waals surface area contributed by atoms with Gasteiger partial charge in [0.15, 0.2) is 0 Å². The molecule has 1 atom stereocenters. The summed E-state index contributed by atoms with van der Waals surface area (Å²) in [5.74, 6) is -1.44. The minimum Gasteiger partial charge on any atom is -0.444 e. The predicted molar refractivity (Wildman–Crippen MR) is 104 cm³/mol. The molecule has 0 saturated heterocycles. The van der Waals surface area contributed by atoms with Crippen molar-refractivity contribution in [3.63, 3.8) is 0 Å². The van der Waals surface area contributed by atoms with Crippen LogP contribution < -0.4 is 10.6 Å². The Labute approximate surface area is 163 Å². The molecule has 0 aromatic heterocycles. The highest BCUT2D eigenvalue weighted by Crippen LogP contribution is 2.26. The normalized spacial score (nSPS) is 12.2. The van der Waals surface area contributed by atoms with E-state index < -0.39 is 17.5 Å². The van der Waals surface area contributed by atoms with Crippen molar-refractivity contribution in [2.75, 3.05) is 10.6 Å². The smallest absolute Gasteiger partial charge is 0.412 e. The molecule has 0 bridgehead atoms. The van der Waals surface area contributed by atoms with Gasteiger partial charge in [0, 0.05) is 6.42 Å². The van der Waals surface area contributed by atoms with E-state index in [1.165, 1.54) is 24.3 Å². The number of hydrogen-bond acceptors (Lipinski definition) is 3. The molecule has 0 aliphatic carbocycles. The molecule has 5 nitrogen and oxygen atoms in total. The second-order valence-electron chi connectivity index (χ2n) is 7.52. The largest absolute Gasteiger partial charge is 0.444 e. The number of carbonyl (C=O) groups excluding carboxylic acids is 2. The maximum absolute atomic E-state index is 13.6. The highest BCUT2D eigenvalue weighted by atomic mass is 19.1. The van der Waals surface area contributed by atoms with E-state index in [1.54, 1.807) is 32.9 Å². The Hall–Kier alpha value is -2.96. The van der Waals surface area contributed by atoms with Gasteiger partial charge in [0.05, 0.1) is 11.4 Å². The summed E-state index contributed by atoms with van der Waals surface area (Å²) in [5, 5.41) is 5.11. The number of hydrogen-bond donors (Lipinski definition) is 2. The zero-order valence-electron chi connectivity index (χ0n) is 16.3. The number of amides is 2. The van der Waals surface area contributed by atoms with Crippen molar-refractivity contribution >= 4 is 23.4 Å². The highest BCUT2D eigenvalue weighted by Gasteiger charge is 2.19. The van der Waals surface area contributed by atoms with Crippen molar-refractivity contribution in [2.24, 2.45) is 0 Å². The Morgan fingerprint density at radius 1 is 0.964 bits per heavy atom. The lowest BCUT2D eigenvalue weighted by Gasteiger charge is -2.20. The van der Waals surface area contributed by atoms with Crippen LogP contribution in [-0.4, -0.2) is 17.6 Å². The van der Waals surface area contributed by atoms with Crippen LogP contribution in [0.1, 0.15) is 45.6 Å². The summed E-state index contributed by atoms with van der Waals surface area (Å²) < 4.78 is 31.8. The minimum absolute atomic E-state index is 0.105. The summed E-state index contributed by atoms with van der Waals surface area (Å²) in [4.78, 5) is 24.4. The van der Waals surface area contributed by atoms with E-state index in [-0.39, 0.29) is 35.4 Å². The van der Waals surface area contributed by atoms with Gasteiger partial charge in [-0.15, -0.1) is 0 Å². The first kappa shape index (κ1) is 21.3. The van der Waals surface area contributed by atoms with Gasteiger partial charge >= 0.3 is 6.09 Å². The van der Waals surface area contributed by atoms with Crippen molar-refractivity contribution in [1.29, 1.82) is 0 Å². The maximum Gasteiger partial charge on any atom is 0.412 e. The molecule has 1 unspecified atom stereocenters. The van der Waals surface area contributed by atoms with Gasteiger partial charge in [0.1, 0.15) is 17.2 Å². The third kappa shape index (κ3) is 6.64. The third-order valence-corrected chi connectivity index (χ3v) is 3.82. The van der Waals surface area contributed by atoms with E-state index >= 15 is 0 Å². The van der Waals surface area contributed by atoms with Gasteiger partial charge in [-0.25, -0.2) is 13.6 Å². The molecule has 7 heteroatoms. The Morgan fingerprint density at radius 2 is 1.57 bits per heavy atom. The molecule has 28 heavy (non-hydrogen) atoms. The second-order valence-corrected chi connectivity index (χ2v) is 7.52. The third-order valence-electron chi connectivity index (χ3n) is 3.82. The minimum atomic E-state index is -0.714. The average molecular weight is 390 g/mol. The lowest BCUT2D eigenvalue weighted by Crippen LogP contribution is -2.27. The Kier molecular flexibility index (Phi) is 6.72. The van der Waals surface area contributed by atoms with E-state index in [1.807, 2.05) is 6.92 Å². The molecule has 0 radical (unpaired) electrons. The van der Waals surface area contributed by atoms with Gasteiger partial charge in [-0.2, -0.15) is 0 Å². The molecule has 2 aromatic carbocycles. The number of carbonyl (C=O) groups is 2. The van der Waals surface area contributed by atoms with E-state index in [9.17, 15) is 18.4 Å². The summed E-state index contributed by atoms with van der Waals surface area (Å²) in [6, 6.07) is 9.53. The molecule has 0 heterocycles. The molecule has 150 valence electrons. The number of halogens is 2. The van der Waals surface area contributed by atoms with Crippen LogP contribution in [-0.2, 0) is 9.53 Å². The zero-order chi connectivity index (χ0) is 20.9. The maximum atomic E-state index is 13.6. The molecule has 2 N–H and O–H groups in total. The molecule has 0 aliphatic rings. The summed E-state index contributed by atoms with van der Waals surface area (Å²) >= 11 is 0. The molecule has 2 amide bonds. The highest BCUT2D eigenvalue weighted by molar-refractivity contribution is 5.98. The van der Waals surface area contributed by atoms with Crippen LogP contribution in [0.4, 0.5) is 25.0 Å². The van der Waals surface area contributed by atoms with E-state index in [4.69, 9.17) is 4.74 Å². The lowest BCUT2D eigenvalue weighted by atomic mass is 9.97. The van der Waals surface area contributed by atoms with Crippen LogP contribution in [0, 0.1) is 11.6 Å². The number of anilines is 2. The van der Waals surface area contributed by atoms with Gasteiger partial charge in [0.2, 0.25) is 5.91 Å². The fourth-order valence-electron chi connectivity index (χ4n) is 2.53. The van der Waals surface area contributed by atoms with Gasteiger partial charge in [-0.3, -0.25) is 10.1 Å². The Balaban J connectivity index is 2.07. The fraction of sp³-hybridized carbons (Fsp3) is 0.333. The molecular weight excluding hydrogens is 366 g/mol. The van der Waals surface area contributed by atoms with Gasteiger partial charge in [0.25, 0.3) is 0 Å². The molecule has 2 rings (SSSR count). The van der Waals surface area contributed by atoms with Crippen molar-refractivity contribution in [2.45, 2.75) is 45.6 Å². The first-order valence-electron chi connectivity index (χ1n) is 8.88. The van der Waals surface area contributed by atoms with Gasteiger partial charge < -0.3 is 10.1 Å².